The Morgan fingerprint density at radius 1 is 1.54 bits per heavy atom. The van der Waals surface area contributed by atoms with Crippen LogP contribution in [0.1, 0.15) is 5.69 Å². The number of hydrogen-bond acceptors (Lipinski definition) is 2. The van der Waals surface area contributed by atoms with Crippen LogP contribution in [0.2, 0.25) is 5.02 Å². The largest absolute Gasteiger partial charge is 0.276 e. The van der Waals surface area contributed by atoms with Gasteiger partial charge in [0, 0.05) is 4.47 Å². The molecule has 0 saturated carbocycles. The van der Waals surface area contributed by atoms with Gasteiger partial charge >= 0.3 is 0 Å². The highest BCUT2D eigenvalue weighted by Gasteiger charge is 2.09. The van der Waals surface area contributed by atoms with Crippen molar-refractivity contribution in [3.8, 4) is 6.07 Å². The smallest absolute Gasteiger partial charge is 0.171 e. The first-order valence-electron chi connectivity index (χ1n) is 3.45. The maximum atomic E-state index is 8.72. The van der Waals surface area contributed by atoms with Crippen LogP contribution in [-0.2, 0) is 0 Å². The zero-order chi connectivity index (χ0) is 9.42. The molecular weight excluding hydrogens is 253 g/mol. The molecule has 0 unspecified atom stereocenters. The Hall–Kier alpha value is -1.05. The van der Waals surface area contributed by atoms with Gasteiger partial charge in [-0.3, -0.25) is 5.10 Å². The number of nitriles is 1. The van der Waals surface area contributed by atoms with Gasteiger partial charge in [-0.2, -0.15) is 10.4 Å². The van der Waals surface area contributed by atoms with Gasteiger partial charge < -0.3 is 0 Å². The number of aromatic nitrogens is 2. The van der Waals surface area contributed by atoms with Crippen LogP contribution in [0.15, 0.2) is 16.6 Å². The Labute approximate surface area is 87.4 Å². The van der Waals surface area contributed by atoms with Gasteiger partial charge in [0.05, 0.1) is 15.9 Å². The number of nitrogens with zero attached hydrogens (tertiary/aromatic N) is 2. The fourth-order valence-corrected chi connectivity index (χ4v) is 2.05. The van der Waals surface area contributed by atoms with Crippen LogP contribution in [-0.4, -0.2) is 10.2 Å². The molecule has 0 aliphatic carbocycles. The average Bonchev–Trinajstić information content (AvgIpc) is 2.47. The maximum Gasteiger partial charge on any atom is 0.171 e. The van der Waals surface area contributed by atoms with Crippen LogP contribution in [0.4, 0.5) is 0 Å². The molecule has 0 amide bonds. The number of benzene rings is 1. The first-order valence-corrected chi connectivity index (χ1v) is 4.62. The molecule has 1 heterocycles. The van der Waals surface area contributed by atoms with E-state index < -0.39 is 0 Å². The van der Waals surface area contributed by atoms with Crippen molar-refractivity contribution in [2.75, 3.05) is 0 Å². The molecule has 5 heteroatoms. The molecule has 1 aromatic heterocycles. The van der Waals surface area contributed by atoms with E-state index in [4.69, 9.17) is 16.9 Å². The van der Waals surface area contributed by atoms with Crippen molar-refractivity contribution in [1.82, 2.24) is 10.2 Å². The van der Waals surface area contributed by atoms with Crippen molar-refractivity contribution in [3.63, 3.8) is 0 Å². The number of H-pyrrole nitrogens is 1. The van der Waals surface area contributed by atoms with Crippen molar-refractivity contribution in [2.45, 2.75) is 0 Å². The van der Waals surface area contributed by atoms with Gasteiger partial charge in [-0.15, -0.1) is 0 Å². The first-order chi connectivity index (χ1) is 6.22. The summed E-state index contributed by atoms with van der Waals surface area (Å²) in [6, 6.07) is 5.53. The van der Waals surface area contributed by atoms with Crippen molar-refractivity contribution in [2.24, 2.45) is 0 Å². The molecule has 13 heavy (non-hydrogen) atoms. The highest BCUT2D eigenvalue weighted by atomic mass is 79.9. The molecule has 64 valence electrons. The lowest BCUT2D eigenvalue weighted by atomic mass is 10.2. The van der Waals surface area contributed by atoms with Gasteiger partial charge in [-0.05, 0) is 12.1 Å². The number of hydrogen-bond donors (Lipinski definition) is 1. The third kappa shape index (κ3) is 1.30. The van der Waals surface area contributed by atoms with Gasteiger partial charge in [0.25, 0.3) is 0 Å². The standard InChI is InChI=1S/C8H3BrClN3/c9-4-1-5(10)8-6(2-4)12-13-7(8)3-11/h1-2H,(H,12,13). The predicted octanol–water partition coefficient (Wildman–Crippen LogP) is 2.85. The minimum atomic E-state index is 0.326. The van der Waals surface area contributed by atoms with Crippen LogP contribution < -0.4 is 0 Å². The Kier molecular flexibility index (Phi) is 1.98. The molecule has 2 aromatic rings. The van der Waals surface area contributed by atoms with Crippen molar-refractivity contribution in [1.29, 1.82) is 5.26 Å². The summed E-state index contributed by atoms with van der Waals surface area (Å²) in [7, 11) is 0. The summed E-state index contributed by atoms with van der Waals surface area (Å²) >= 11 is 9.25. The SMILES string of the molecule is N#Cc1n[nH]c2cc(Br)cc(Cl)c12. The van der Waals surface area contributed by atoms with E-state index in [1.54, 1.807) is 6.07 Å². The second-order valence-electron chi connectivity index (χ2n) is 2.49. The van der Waals surface area contributed by atoms with E-state index in [0.717, 1.165) is 9.99 Å². The minimum Gasteiger partial charge on any atom is -0.276 e. The van der Waals surface area contributed by atoms with Gasteiger partial charge in [0.1, 0.15) is 6.07 Å². The lowest BCUT2D eigenvalue weighted by Crippen LogP contribution is -1.74. The zero-order valence-electron chi connectivity index (χ0n) is 6.31. The van der Waals surface area contributed by atoms with Crippen LogP contribution in [0, 0.1) is 11.3 Å². The van der Waals surface area contributed by atoms with E-state index in [0.29, 0.717) is 16.1 Å². The Morgan fingerprint density at radius 3 is 3.00 bits per heavy atom. The molecule has 0 saturated heterocycles. The molecule has 1 N–H and O–H groups in total. The molecule has 0 radical (unpaired) electrons. The minimum absolute atomic E-state index is 0.326. The first kappa shape index (κ1) is 8.54. The Morgan fingerprint density at radius 2 is 2.31 bits per heavy atom. The number of fused-ring (bicyclic) bond motifs is 1. The quantitative estimate of drug-likeness (QED) is 0.788. The van der Waals surface area contributed by atoms with Crippen LogP contribution >= 0.6 is 27.5 Å². The van der Waals surface area contributed by atoms with Gasteiger partial charge in [0.15, 0.2) is 5.69 Å². The summed E-state index contributed by atoms with van der Waals surface area (Å²) in [5, 5.41) is 16.5. The normalized spacial score (nSPS) is 10.2. The van der Waals surface area contributed by atoms with E-state index >= 15 is 0 Å². The van der Waals surface area contributed by atoms with Crippen molar-refractivity contribution < 1.29 is 0 Å². The van der Waals surface area contributed by atoms with Crippen molar-refractivity contribution >= 4 is 38.4 Å². The van der Waals surface area contributed by atoms with E-state index in [-0.39, 0.29) is 0 Å². The Balaban J connectivity index is 2.92. The molecule has 2 rings (SSSR count). The molecule has 0 fully saturated rings. The second kappa shape index (κ2) is 3.02. The molecule has 0 aliphatic rings. The summed E-state index contributed by atoms with van der Waals surface area (Å²) in [6.07, 6.45) is 0. The molecule has 3 nitrogen and oxygen atoms in total. The molecule has 0 bridgehead atoms. The lowest BCUT2D eigenvalue weighted by Gasteiger charge is -1.94. The second-order valence-corrected chi connectivity index (χ2v) is 3.82. The van der Waals surface area contributed by atoms with Gasteiger partial charge in [0.2, 0.25) is 0 Å². The van der Waals surface area contributed by atoms with Crippen LogP contribution in [0.3, 0.4) is 0 Å². The van der Waals surface area contributed by atoms with Crippen LogP contribution in [0.5, 0.6) is 0 Å². The average molecular weight is 256 g/mol. The lowest BCUT2D eigenvalue weighted by molar-refractivity contribution is 1.10. The number of nitrogens with one attached hydrogen (secondary N) is 1. The fourth-order valence-electron chi connectivity index (χ4n) is 1.16. The zero-order valence-corrected chi connectivity index (χ0v) is 8.65. The highest BCUT2D eigenvalue weighted by Crippen LogP contribution is 2.28. The summed E-state index contributed by atoms with van der Waals surface area (Å²) in [6.45, 7) is 0. The fraction of sp³-hybridized carbons (Fsp3) is 0. The van der Waals surface area contributed by atoms with E-state index in [9.17, 15) is 0 Å². The molecule has 0 aliphatic heterocycles. The van der Waals surface area contributed by atoms with Gasteiger partial charge in [-0.25, -0.2) is 0 Å². The number of rotatable bonds is 0. The summed E-state index contributed by atoms with van der Waals surface area (Å²) in [4.78, 5) is 0. The van der Waals surface area contributed by atoms with Gasteiger partial charge in [-0.1, -0.05) is 27.5 Å². The third-order valence-corrected chi connectivity index (χ3v) is 2.44. The maximum absolute atomic E-state index is 8.72. The van der Waals surface area contributed by atoms with Crippen molar-refractivity contribution in [3.05, 3.63) is 27.3 Å². The predicted molar refractivity (Wildman–Crippen MR) is 53.5 cm³/mol. The molecule has 1 aromatic carbocycles. The van der Waals surface area contributed by atoms with E-state index in [1.807, 2.05) is 12.1 Å². The highest BCUT2D eigenvalue weighted by molar-refractivity contribution is 9.10. The summed E-state index contributed by atoms with van der Waals surface area (Å²) in [5.41, 5.74) is 1.09. The molecular formula is C8H3BrClN3. The van der Waals surface area contributed by atoms with E-state index in [2.05, 4.69) is 26.1 Å². The van der Waals surface area contributed by atoms with E-state index in [1.165, 1.54) is 0 Å². The number of halogens is 2. The van der Waals surface area contributed by atoms with Crippen LogP contribution in [0.25, 0.3) is 10.9 Å². The Bertz CT molecular complexity index is 512. The summed E-state index contributed by atoms with van der Waals surface area (Å²) in [5.74, 6) is 0. The number of aromatic amines is 1. The third-order valence-electron chi connectivity index (χ3n) is 1.69. The summed E-state index contributed by atoms with van der Waals surface area (Å²) < 4.78 is 0.859. The monoisotopic (exact) mass is 255 g/mol. The topological polar surface area (TPSA) is 52.5 Å². The molecule has 0 spiro atoms. The molecule has 0 atom stereocenters.